The normalized spacial score (nSPS) is 11.2. The lowest BCUT2D eigenvalue weighted by Gasteiger charge is -2.12. The zero-order valence-corrected chi connectivity index (χ0v) is 18.3. The number of hydrogen-bond donors (Lipinski definition) is 1. The van der Waals surface area contributed by atoms with Crippen LogP contribution in [0.5, 0.6) is 0 Å². The molecule has 0 saturated carbocycles. The fourth-order valence-electron chi connectivity index (χ4n) is 3.27. The number of benzene rings is 3. The maximum absolute atomic E-state index is 13.1. The van der Waals surface area contributed by atoms with Crippen LogP contribution in [0.1, 0.15) is 15.9 Å². The summed E-state index contributed by atoms with van der Waals surface area (Å²) in [6, 6.07) is 22.7. The zero-order valence-electron chi connectivity index (χ0n) is 15.2. The number of pyridine rings is 1. The van der Waals surface area contributed by atoms with Crippen molar-refractivity contribution in [1.82, 2.24) is 4.98 Å². The SMILES string of the molecule is O=C(C=Cc1cccc(Br)c1)c1c(-c2ccccc2)c2cc(Br)ccc2[nH]c1=O. The van der Waals surface area contributed by atoms with E-state index in [1.54, 1.807) is 6.08 Å². The Hall–Kier alpha value is -2.76. The second-order valence-electron chi connectivity index (χ2n) is 6.51. The fraction of sp³-hybridized carbons (Fsp3) is 0. The molecule has 3 aromatic carbocycles. The van der Waals surface area contributed by atoms with Crippen molar-refractivity contribution in [3.8, 4) is 11.1 Å². The Balaban J connectivity index is 1.92. The molecule has 0 aliphatic carbocycles. The average molecular weight is 509 g/mol. The van der Waals surface area contributed by atoms with E-state index in [0.717, 1.165) is 25.5 Å². The van der Waals surface area contributed by atoms with Crippen LogP contribution in [0.2, 0.25) is 0 Å². The van der Waals surface area contributed by atoms with Gasteiger partial charge in [0.2, 0.25) is 0 Å². The molecular formula is C24H15Br2NO2. The van der Waals surface area contributed by atoms with Gasteiger partial charge in [-0.25, -0.2) is 0 Å². The van der Waals surface area contributed by atoms with Crippen LogP contribution in [0, 0.1) is 0 Å². The molecule has 1 aromatic heterocycles. The Kier molecular flexibility index (Phi) is 5.60. The number of nitrogens with one attached hydrogen (secondary N) is 1. The van der Waals surface area contributed by atoms with Crippen LogP contribution in [0.3, 0.4) is 0 Å². The number of aromatic amines is 1. The minimum absolute atomic E-state index is 0.132. The minimum atomic E-state index is -0.400. The monoisotopic (exact) mass is 507 g/mol. The number of aromatic nitrogens is 1. The maximum Gasteiger partial charge on any atom is 0.260 e. The van der Waals surface area contributed by atoms with Gasteiger partial charge in [0, 0.05) is 25.4 Å². The van der Waals surface area contributed by atoms with E-state index in [2.05, 4.69) is 36.8 Å². The number of carbonyl (C=O) groups is 1. The van der Waals surface area contributed by atoms with Gasteiger partial charge in [0.1, 0.15) is 0 Å². The van der Waals surface area contributed by atoms with Gasteiger partial charge in [0.15, 0.2) is 5.78 Å². The van der Waals surface area contributed by atoms with Crippen LogP contribution < -0.4 is 5.56 Å². The van der Waals surface area contributed by atoms with Gasteiger partial charge in [0.05, 0.1) is 5.56 Å². The van der Waals surface area contributed by atoms with Crippen LogP contribution in [-0.2, 0) is 0 Å². The summed E-state index contributed by atoms with van der Waals surface area (Å²) in [5.74, 6) is -0.341. The molecule has 0 radical (unpaired) electrons. The molecule has 0 saturated heterocycles. The average Bonchev–Trinajstić information content (AvgIpc) is 2.72. The first-order chi connectivity index (χ1) is 14.0. The van der Waals surface area contributed by atoms with E-state index < -0.39 is 5.56 Å². The highest BCUT2D eigenvalue weighted by Gasteiger charge is 2.19. The number of halogens is 2. The van der Waals surface area contributed by atoms with Crippen molar-refractivity contribution in [3.05, 3.63) is 109 Å². The van der Waals surface area contributed by atoms with Crippen molar-refractivity contribution in [2.75, 3.05) is 0 Å². The second kappa shape index (κ2) is 8.31. The van der Waals surface area contributed by atoms with E-state index >= 15 is 0 Å². The smallest absolute Gasteiger partial charge is 0.260 e. The molecule has 0 atom stereocenters. The lowest BCUT2D eigenvalue weighted by Crippen LogP contribution is -2.18. The van der Waals surface area contributed by atoms with Gasteiger partial charge in [-0.3, -0.25) is 9.59 Å². The van der Waals surface area contributed by atoms with E-state index in [9.17, 15) is 9.59 Å². The highest BCUT2D eigenvalue weighted by Crippen LogP contribution is 2.31. The molecule has 0 fully saturated rings. The molecule has 0 bridgehead atoms. The van der Waals surface area contributed by atoms with E-state index in [1.165, 1.54) is 6.08 Å². The number of H-pyrrole nitrogens is 1. The van der Waals surface area contributed by atoms with Gasteiger partial charge >= 0.3 is 0 Å². The molecule has 4 aromatic rings. The third kappa shape index (κ3) is 4.16. The van der Waals surface area contributed by atoms with Crippen molar-refractivity contribution in [2.45, 2.75) is 0 Å². The Morgan fingerprint density at radius 1 is 0.862 bits per heavy atom. The van der Waals surface area contributed by atoms with Crippen LogP contribution in [0.25, 0.3) is 28.1 Å². The summed E-state index contributed by atoms with van der Waals surface area (Å²) in [4.78, 5) is 28.9. The van der Waals surface area contributed by atoms with Crippen LogP contribution in [0.15, 0.2) is 92.6 Å². The number of fused-ring (bicyclic) bond motifs is 1. The minimum Gasteiger partial charge on any atom is -0.321 e. The summed E-state index contributed by atoms with van der Waals surface area (Å²) in [6.07, 6.45) is 3.16. The Labute approximate surface area is 184 Å². The third-order valence-electron chi connectivity index (χ3n) is 4.56. The molecule has 142 valence electrons. The second-order valence-corrected chi connectivity index (χ2v) is 8.34. The van der Waals surface area contributed by atoms with Gasteiger partial charge in [-0.15, -0.1) is 0 Å². The number of ketones is 1. The summed E-state index contributed by atoms with van der Waals surface area (Å²) in [7, 11) is 0. The predicted octanol–water partition coefficient (Wildman–Crippen LogP) is 6.62. The van der Waals surface area contributed by atoms with E-state index in [0.29, 0.717) is 11.1 Å². The van der Waals surface area contributed by atoms with E-state index in [4.69, 9.17) is 0 Å². The first-order valence-electron chi connectivity index (χ1n) is 8.92. The van der Waals surface area contributed by atoms with Gasteiger partial charge in [0.25, 0.3) is 5.56 Å². The predicted molar refractivity (Wildman–Crippen MR) is 125 cm³/mol. The highest BCUT2D eigenvalue weighted by molar-refractivity contribution is 9.10. The van der Waals surface area contributed by atoms with Crippen molar-refractivity contribution in [3.63, 3.8) is 0 Å². The molecule has 29 heavy (non-hydrogen) atoms. The molecule has 0 aliphatic rings. The summed E-state index contributed by atoms with van der Waals surface area (Å²) in [6.45, 7) is 0. The summed E-state index contributed by atoms with van der Waals surface area (Å²) < 4.78 is 1.79. The molecule has 5 heteroatoms. The topological polar surface area (TPSA) is 49.9 Å². The number of carbonyl (C=O) groups excluding carboxylic acids is 1. The lowest BCUT2D eigenvalue weighted by atomic mass is 9.94. The largest absolute Gasteiger partial charge is 0.321 e. The quantitative estimate of drug-likeness (QED) is 0.249. The summed E-state index contributed by atoms with van der Waals surface area (Å²) in [5.41, 5.74) is 2.74. The third-order valence-corrected chi connectivity index (χ3v) is 5.55. The molecule has 3 nitrogen and oxygen atoms in total. The lowest BCUT2D eigenvalue weighted by molar-refractivity contribution is 0.104. The maximum atomic E-state index is 13.1. The van der Waals surface area contributed by atoms with E-state index in [-0.39, 0.29) is 11.3 Å². The molecule has 0 amide bonds. The first-order valence-corrected chi connectivity index (χ1v) is 10.5. The Morgan fingerprint density at radius 2 is 1.62 bits per heavy atom. The molecule has 0 aliphatic heterocycles. The molecule has 4 rings (SSSR count). The van der Waals surface area contributed by atoms with Gasteiger partial charge in [-0.2, -0.15) is 0 Å². The Bertz CT molecular complexity index is 1310. The highest BCUT2D eigenvalue weighted by atomic mass is 79.9. The van der Waals surface area contributed by atoms with Crippen LogP contribution in [0.4, 0.5) is 0 Å². The molecule has 1 heterocycles. The molecule has 0 spiro atoms. The standard InChI is InChI=1S/C24H15Br2NO2/c25-17-8-4-5-15(13-17)9-12-21(28)23-22(16-6-2-1-3-7-16)19-14-18(26)10-11-20(19)27-24(23)29/h1-14H,(H,27,29). The molecule has 0 unspecified atom stereocenters. The number of allylic oxidation sites excluding steroid dienone is 1. The summed E-state index contributed by atoms with van der Waals surface area (Å²) in [5, 5.41) is 0.810. The van der Waals surface area contributed by atoms with Gasteiger partial charge in [-0.1, -0.05) is 80.4 Å². The van der Waals surface area contributed by atoms with Gasteiger partial charge < -0.3 is 4.98 Å². The molecule has 1 N–H and O–H groups in total. The molecular weight excluding hydrogens is 494 g/mol. The van der Waals surface area contributed by atoms with Crippen molar-refractivity contribution in [2.24, 2.45) is 0 Å². The Morgan fingerprint density at radius 3 is 2.38 bits per heavy atom. The van der Waals surface area contributed by atoms with Gasteiger partial charge in [-0.05, 0) is 47.5 Å². The van der Waals surface area contributed by atoms with Crippen LogP contribution >= 0.6 is 31.9 Å². The van der Waals surface area contributed by atoms with Crippen molar-refractivity contribution < 1.29 is 4.79 Å². The van der Waals surface area contributed by atoms with Crippen molar-refractivity contribution in [1.29, 1.82) is 0 Å². The van der Waals surface area contributed by atoms with Crippen LogP contribution in [-0.4, -0.2) is 10.8 Å². The first kappa shape index (κ1) is 19.6. The number of rotatable bonds is 4. The zero-order chi connectivity index (χ0) is 20.4. The van der Waals surface area contributed by atoms with E-state index in [1.807, 2.05) is 72.8 Å². The number of hydrogen-bond acceptors (Lipinski definition) is 2. The van der Waals surface area contributed by atoms with Crippen molar-refractivity contribution >= 4 is 54.6 Å². The summed E-state index contributed by atoms with van der Waals surface area (Å²) >= 11 is 6.92. The fourth-order valence-corrected chi connectivity index (χ4v) is 4.05.